The van der Waals surface area contributed by atoms with Crippen LogP contribution >= 0.6 is 11.6 Å². The molecule has 1 heterocycles. The van der Waals surface area contributed by atoms with Crippen LogP contribution in [0.2, 0.25) is 5.02 Å². The summed E-state index contributed by atoms with van der Waals surface area (Å²) >= 11 is 6.30. The average molecular weight is 549 g/mol. The van der Waals surface area contributed by atoms with Crippen molar-refractivity contribution in [3.8, 4) is 0 Å². The van der Waals surface area contributed by atoms with E-state index in [0.29, 0.717) is 46.6 Å². The van der Waals surface area contributed by atoms with E-state index < -0.39 is 11.9 Å². The fraction of sp³-hybridized carbons (Fsp3) is 0.375. The first-order chi connectivity index (χ1) is 18.9. The predicted molar refractivity (Wildman–Crippen MR) is 155 cm³/mol. The molecule has 6 nitrogen and oxygen atoms in total. The summed E-state index contributed by atoms with van der Waals surface area (Å²) in [5.41, 5.74) is 3.19. The van der Waals surface area contributed by atoms with Crippen LogP contribution in [0.3, 0.4) is 0 Å². The molecule has 2 aromatic rings. The minimum absolute atomic E-state index is 0.119. The van der Waals surface area contributed by atoms with Gasteiger partial charge in [-0.25, -0.2) is 4.79 Å². The van der Waals surface area contributed by atoms with Crippen molar-refractivity contribution in [2.45, 2.75) is 51.4 Å². The van der Waals surface area contributed by atoms with Gasteiger partial charge in [-0.05, 0) is 42.5 Å². The molecule has 39 heavy (non-hydrogen) atoms. The lowest BCUT2D eigenvalue weighted by Gasteiger charge is -2.31. The van der Waals surface area contributed by atoms with Crippen LogP contribution in [0.5, 0.6) is 0 Å². The first kappa shape index (κ1) is 28.7. The van der Waals surface area contributed by atoms with Gasteiger partial charge in [0.2, 0.25) is 5.91 Å². The molecular weight excluding hydrogens is 512 g/mol. The molecule has 1 saturated carbocycles. The van der Waals surface area contributed by atoms with E-state index in [2.05, 4.69) is 10.6 Å². The number of halogens is 1. The van der Waals surface area contributed by atoms with Gasteiger partial charge in [0.15, 0.2) is 0 Å². The van der Waals surface area contributed by atoms with Crippen molar-refractivity contribution in [1.82, 2.24) is 10.6 Å². The Balaban J connectivity index is 1.58. The monoisotopic (exact) mass is 548 g/mol. The van der Waals surface area contributed by atoms with Gasteiger partial charge in [0.25, 0.3) is 0 Å². The third-order valence-electron chi connectivity index (χ3n) is 7.43. The van der Waals surface area contributed by atoms with Gasteiger partial charge >= 0.3 is 5.97 Å². The Kier molecular flexibility index (Phi) is 10.4. The summed E-state index contributed by atoms with van der Waals surface area (Å²) in [4.78, 5) is 26.1. The zero-order valence-electron chi connectivity index (χ0n) is 22.4. The molecule has 2 aliphatic rings. The van der Waals surface area contributed by atoms with E-state index in [0.717, 1.165) is 12.0 Å². The smallest absolute Gasteiger partial charge is 0.334 e. The van der Waals surface area contributed by atoms with E-state index in [1.807, 2.05) is 48.6 Å². The molecule has 1 amide bonds. The van der Waals surface area contributed by atoms with Gasteiger partial charge in [0.05, 0.1) is 29.4 Å². The van der Waals surface area contributed by atoms with Crippen LogP contribution in [0.1, 0.15) is 62.5 Å². The molecule has 4 rings (SSSR count). The van der Waals surface area contributed by atoms with Crippen LogP contribution in [0.25, 0.3) is 6.08 Å². The molecule has 1 unspecified atom stereocenters. The summed E-state index contributed by atoms with van der Waals surface area (Å²) in [5, 5.41) is 16.8. The molecular formula is C32H37ClN2O4. The standard InChI is InChI=1S/C32H37ClN2O4/c1-22-28(32(37)38)29(25-15-8-16-26(33)20-25)30(31(36)34-18-9-14-23-10-4-2-5-11-23)27(35-22)21-39-19-17-24-12-6-3-7-13-24/h2,4-5,8-11,14-16,20,24,29,35H,3,6-7,12-13,17-19,21H2,1H3,(H,34,36)(H,37,38). The van der Waals surface area contributed by atoms with E-state index in [1.165, 1.54) is 32.1 Å². The number of nitrogens with one attached hydrogen (secondary N) is 2. The molecule has 0 aromatic heterocycles. The largest absolute Gasteiger partial charge is 0.478 e. The van der Waals surface area contributed by atoms with Gasteiger partial charge in [0.1, 0.15) is 0 Å². The molecule has 0 bridgehead atoms. The molecule has 0 spiro atoms. The van der Waals surface area contributed by atoms with Gasteiger partial charge in [-0.2, -0.15) is 0 Å². The van der Waals surface area contributed by atoms with Crippen molar-refractivity contribution in [1.29, 1.82) is 0 Å². The fourth-order valence-electron chi connectivity index (χ4n) is 5.49. The van der Waals surface area contributed by atoms with E-state index in [1.54, 1.807) is 25.1 Å². The molecule has 0 saturated heterocycles. The number of carboxylic acids is 1. The third-order valence-corrected chi connectivity index (χ3v) is 7.67. The van der Waals surface area contributed by atoms with Gasteiger partial charge in [-0.15, -0.1) is 0 Å². The topological polar surface area (TPSA) is 87.7 Å². The highest BCUT2D eigenvalue weighted by molar-refractivity contribution is 6.30. The van der Waals surface area contributed by atoms with E-state index >= 15 is 0 Å². The Bertz CT molecular complexity index is 1250. The van der Waals surface area contributed by atoms with Crippen LogP contribution in [-0.2, 0) is 14.3 Å². The van der Waals surface area contributed by atoms with Gasteiger partial charge in [0, 0.05) is 23.9 Å². The lowest BCUT2D eigenvalue weighted by molar-refractivity contribution is -0.133. The number of hydrogen-bond acceptors (Lipinski definition) is 4. The molecule has 2 aromatic carbocycles. The zero-order chi connectivity index (χ0) is 27.6. The van der Waals surface area contributed by atoms with Gasteiger partial charge < -0.3 is 20.5 Å². The minimum Gasteiger partial charge on any atom is -0.478 e. The summed E-state index contributed by atoms with van der Waals surface area (Å²) in [6.07, 6.45) is 11.2. The second-order valence-corrected chi connectivity index (χ2v) is 10.7. The maximum atomic E-state index is 13.7. The molecule has 1 aliphatic heterocycles. The number of rotatable bonds is 11. The van der Waals surface area contributed by atoms with Crippen molar-refractivity contribution in [3.05, 3.63) is 99.4 Å². The Labute approximate surface area is 235 Å². The van der Waals surface area contributed by atoms with Crippen LogP contribution in [0, 0.1) is 5.92 Å². The number of aliphatic carboxylic acids is 1. The lowest BCUT2D eigenvalue weighted by Crippen LogP contribution is -2.38. The van der Waals surface area contributed by atoms with Crippen LogP contribution in [0.15, 0.2) is 83.2 Å². The Morgan fingerprint density at radius 1 is 1.08 bits per heavy atom. The van der Waals surface area contributed by atoms with Gasteiger partial charge in [-0.1, -0.05) is 98.3 Å². The van der Waals surface area contributed by atoms with Crippen molar-refractivity contribution < 1.29 is 19.4 Å². The summed E-state index contributed by atoms with van der Waals surface area (Å²) in [6.45, 7) is 2.80. The lowest BCUT2D eigenvalue weighted by atomic mass is 9.80. The molecule has 206 valence electrons. The summed E-state index contributed by atoms with van der Waals surface area (Å²) in [7, 11) is 0. The number of carbonyl (C=O) groups is 2. The van der Waals surface area contributed by atoms with Crippen molar-refractivity contribution in [3.63, 3.8) is 0 Å². The third kappa shape index (κ3) is 7.84. The van der Waals surface area contributed by atoms with Crippen molar-refractivity contribution in [2.75, 3.05) is 19.8 Å². The zero-order valence-corrected chi connectivity index (χ0v) is 23.2. The van der Waals surface area contributed by atoms with Crippen molar-refractivity contribution in [2.24, 2.45) is 5.92 Å². The summed E-state index contributed by atoms with van der Waals surface area (Å²) in [5.74, 6) is -1.54. The highest BCUT2D eigenvalue weighted by atomic mass is 35.5. The highest BCUT2D eigenvalue weighted by Gasteiger charge is 2.37. The van der Waals surface area contributed by atoms with Gasteiger partial charge in [-0.3, -0.25) is 4.79 Å². The number of allylic oxidation sites excluding steroid dienone is 1. The summed E-state index contributed by atoms with van der Waals surface area (Å²) in [6, 6.07) is 16.9. The number of benzene rings is 2. The fourth-order valence-corrected chi connectivity index (χ4v) is 5.69. The maximum absolute atomic E-state index is 13.7. The number of carboxylic acid groups (broad SMARTS) is 1. The molecule has 7 heteroatoms. The molecule has 1 aliphatic carbocycles. The molecule has 0 radical (unpaired) electrons. The number of carbonyl (C=O) groups excluding carboxylic acids is 1. The SMILES string of the molecule is CC1=C(C(=O)O)C(c2cccc(Cl)c2)C(C(=O)NCC=Cc2ccccc2)=C(COCCC2CCCCC2)N1. The normalized spacial score (nSPS) is 18.4. The second-order valence-electron chi connectivity index (χ2n) is 10.2. The highest BCUT2D eigenvalue weighted by Crippen LogP contribution is 2.39. The van der Waals surface area contributed by atoms with Crippen molar-refractivity contribution >= 4 is 29.6 Å². The number of dihydropyridines is 1. The number of hydrogen-bond donors (Lipinski definition) is 3. The molecule has 1 atom stereocenters. The Hall–Kier alpha value is -3.35. The quantitative estimate of drug-likeness (QED) is 0.281. The predicted octanol–water partition coefficient (Wildman–Crippen LogP) is 6.46. The average Bonchev–Trinajstić information content (AvgIpc) is 2.94. The Morgan fingerprint density at radius 2 is 1.85 bits per heavy atom. The number of ether oxygens (including phenoxy) is 1. The second kappa shape index (κ2) is 14.2. The van der Waals surface area contributed by atoms with Crippen LogP contribution in [-0.4, -0.2) is 36.7 Å². The maximum Gasteiger partial charge on any atom is 0.334 e. The first-order valence-electron chi connectivity index (χ1n) is 13.7. The summed E-state index contributed by atoms with van der Waals surface area (Å²) < 4.78 is 6.08. The first-order valence-corrected chi connectivity index (χ1v) is 14.1. The van der Waals surface area contributed by atoms with E-state index in [9.17, 15) is 14.7 Å². The van der Waals surface area contributed by atoms with E-state index in [-0.39, 0.29) is 18.1 Å². The number of amides is 1. The minimum atomic E-state index is -1.09. The van der Waals surface area contributed by atoms with Crippen LogP contribution in [0.4, 0.5) is 0 Å². The van der Waals surface area contributed by atoms with E-state index in [4.69, 9.17) is 16.3 Å². The Morgan fingerprint density at radius 3 is 2.56 bits per heavy atom. The molecule has 1 fully saturated rings. The van der Waals surface area contributed by atoms with Crippen LogP contribution < -0.4 is 10.6 Å². The molecule has 3 N–H and O–H groups in total.